The first kappa shape index (κ1) is 17.0. The maximum atomic E-state index is 12.2. The Bertz CT molecular complexity index is 485. The van der Waals surface area contributed by atoms with Crippen LogP contribution in [0.2, 0.25) is 0 Å². The van der Waals surface area contributed by atoms with E-state index < -0.39 is 5.76 Å². The van der Waals surface area contributed by atoms with Crippen LogP contribution in [0.3, 0.4) is 0 Å². The zero-order valence-electron chi connectivity index (χ0n) is 12.1. The van der Waals surface area contributed by atoms with Crippen LogP contribution in [0.4, 0.5) is 19.3 Å². The molecule has 1 saturated carbocycles. The van der Waals surface area contributed by atoms with Crippen LogP contribution in [0.25, 0.3) is 0 Å². The summed E-state index contributed by atoms with van der Waals surface area (Å²) in [5, 5.41) is 14.9. The molecule has 2 rings (SSSR count). The first-order valence-corrected chi connectivity index (χ1v) is 8.19. The van der Waals surface area contributed by atoms with E-state index in [2.05, 4.69) is 10.6 Å². The SMILES string of the molecule is O=C(Nc1ccc(SC(F)F)cc1)NC1CCCCC1CO. The van der Waals surface area contributed by atoms with Crippen molar-refractivity contribution < 1.29 is 18.7 Å². The molecule has 1 aliphatic rings. The molecule has 0 aliphatic heterocycles. The van der Waals surface area contributed by atoms with Gasteiger partial charge in [0.1, 0.15) is 0 Å². The third-order valence-electron chi connectivity index (χ3n) is 3.80. The molecule has 3 N–H and O–H groups in total. The van der Waals surface area contributed by atoms with Crippen LogP contribution in [0, 0.1) is 5.92 Å². The summed E-state index contributed by atoms with van der Waals surface area (Å²) >= 11 is 0.468. The molecule has 0 spiro atoms. The third kappa shape index (κ3) is 5.14. The predicted octanol–water partition coefficient (Wildman–Crippen LogP) is 3.67. The first-order chi connectivity index (χ1) is 10.6. The van der Waals surface area contributed by atoms with Crippen LogP contribution >= 0.6 is 11.8 Å². The van der Waals surface area contributed by atoms with Gasteiger partial charge in [0.15, 0.2) is 0 Å². The van der Waals surface area contributed by atoms with Gasteiger partial charge in [0.2, 0.25) is 0 Å². The highest BCUT2D eigenvalue weighted by Gasteiger charge is 2.25. The van der Waals surface area contributed by atoms with Crippen LogP contribution in [0.1, 0.15) is 25.7 Å². The van der Waals surface area contributed by atoms with E-state index in [1.54, 1.807) is 24.3 Å². The summed E-state index contributed by atoms with van der Waals surface area (Å²) in [5.74, 6) is -2.35. The Kier molecular flexibility index (Phi) is 6.45. The van der Waals surface area contributed by atoms with Crippen LogP contribution in [-0.4, -0.2) is 29.5 Å². The van der Waals surface area contributed by atoms with Gasteiger partial charge in [0.25, 0.3) is 5.76 Å². The second-order valence-electron chi connectivity index (χ2n) is 5.33. The fourth-order valence-electron chi connectivity index (χ4n) is 2.67. The van der Waals surface area contributed by atoms with Crippen molar-refractivity contribution in [1.29, 1.82) is 0 Å². The van der Waals surface area contributed by atoms with Gasteiger partial charge < -0.3 is 15.7 Å². The van der Waals surface area contributed by atoms with Gasteiger partial charge in [-0.2, -0.15) is 8.78 Å². The minimum Gasteiger partial charge on any atom is -0.396 e. The summed E-state index contributed by atoms with van der Waals surface area (Å²) in [6, 6.07) is 5.92. The topological polar surface area (TPSA) is 61.4 Å². The molecule has 0 radical (unpaired) electrons. The van der Waals surface area contributed by atoms with Crippen molar-refractivity contribution in [2.24, 2.45) is 5.92 Å². The number of carbonyl (C=O) groups is 1. The van der Waals surface area contributed by atoms with Crippen LogP contribution in [0.5, 0.6) is 0 Å². The van der Waals surface area contributed by atoms with Gasteiger partial charge in [-0.05, 0) is 37.1 Å². The second kappa shape index (κ2) is 8.33. The molecule has 4 nitrogen and oxygen atoms in total. The summed E-state index contributed by atoms with van der Waals surface area (Å²) in [7, 11) is 0. The van der Waals surface area contributed by atoms with Crippen molar-refractivity contribution in [1.82, 2.24) is 5.32 Å². The number of nitrogens with one attached hydrogen (secondary N) is 2. The van der Waals surface area contributed by atoms with Crippen molar-refractivity contribution >= 4 is 23.5 Å². The summed E-state index contributed by atoms with van der Waals surface area (Å²) < 4.78 is 24.4. The van der Waals surface area contributed by atoms with Gasteiger partial charge in [-0.3, -0.25) is 0 Å². The molecule has 2 atom stereocenters. The summed E-state index contributed by atoms with van der Waals surface area (Å²) in [6.07, 6.45) is 3.90. The van der Waals surface area contributed by atoms with Crippen LogP contribution in [0.15, 0.2) is 29.2 Å². The highest BCUT2D eigenvalue weighted by Crippen LogP contribution is 2.26. The van der Waals surface area contributed by atoms with Crippen molar-refractivity contribution in [3.05, 3.63) is 24.3 Å². The van der Waals surface area contributed by atoms with Crippen molar-refractivity contribution in [3.63, 3.8) is 0 Å². The number of carbonyl (C=O) groups excluding carboxylic acids is 1. The fourth-order valence-corrected chi connectivity index (χ4v) is 3.17. The monoisotopic (exact) mass is 330 g/mol. The van der Waals surface area contributed by atoms with E-state index in [-0.39, 0.29) is 24.6 Å². The molecule has 1 fully saturated rings. The zero-order chi connectivity index (χ0) is 15.9. The van der Waals surface area contributed by atoms with Crippen LogP contribution in [-0.2, 0) is 0 Å². The Balaban J connectivity index is 1.86. The van der Waals surface area contributed by atoms with Crippen molar-refractivity contribution in [2.45, 2.75) is 42.4 Å². The minimum absolute atomic E-state index is 0.0209. The van der Waals surface area contributed by atoms with E-state index in [4.69, 9.17) is 0 Å². The Morgan fingerprint density at radius 1 is 1.27 bits per heavy atom. The molecular formula is C15H20F2N2O2S. The number of thioether (sulfide) groups is 1. The lowest BCUT2D eigenvalue weighted by atomic mass is 9.85. The number of hydrogen-bond donors (Lipinski definition) is 3. The van der Waals surface area contributed by atoms with E-state index in [0.29, 0.717) is 22.3 Å². The first-order valence-electron chi connectivity index (χ1n) is 7.31. The fraction of sp³-hybridized carbons (Fsp3) is 0.533. The lowest BCUT2D eigenvalue weighted by Gasteiger charge is -2.30. The lowest BCUT2D eigenvalue weighted by molar-refractivity contribution is 0.156. The highest BCUT2D eigenvalue weighted by molar-refractivity contribution is 7.99. The van der Waals surface area contributed by atoms with Gasteiger partial charge in [0, 0.05) is 29.1 Å². The van der Waals surface area contributed by atoms with E-state index in [0.717, 1.165) is 25.7 Å². The van der Waals surface area contributed by atoms with Crippen molar-refractivity contribution in [2.75, 3.05) is 11.9 Å². The van der Waals surface area contributed by atoms with E-state index >= 15 is 0 Å². The standard InChI is InChI=1S/C15H20F2N2O2S/c16-14(17)22-12-7-5-11(6-8-12)18-15(21)19-13-4-2-1-3-10(13)9-20/h5-8,10,13-14,20H,1-4,9H2,(H2,18,19,21). The molecule has 0 heterocycles. The van der Waals surface area contributed by atoms with Gasteiger partial charge in [-0.1, -0.05) is 24.6 Å². The van der Waals surface area contributed by atoms with E-state index in [1.165, 1.54) is 0 Å². The number of hydrogen-bond acceptors (Lipinski definition) is 3. The molecule has 0 aromatic heterocycles. The van der Waals surface area contributed by atoms with Crippen molar-refractivity contribution in [3.8, 4) is 0 Å². The number of rotatable bonds is 5. The molecular weight excluding hydrogens is 310 g/mol. The summed E-state index contributed by atoms with van der Waals surface area (Å²) in [6.45, 7) is 0.0739. The molecule has 0 bridgehead atoms. The second-order valence-corrected chi connectivity index (χ2v) is 6.40. The van der Waals surface area contributed by atoms with E-state index in [9.17, 15) is 18.7 Å². The van der Waals surface area contributed by atoms with E-state index in [1.807, 2.05) is 0 Å². The number of amides is 2. The van der Waals surface area contributed by atoms with Gasteiger partial charge >= 0.3 is 6.03 Å². The number of alkyl halides is 2. The lowest BCUT2D eigenvalue weighted by Crippen LogP contribution is -2.45. The molecule has 1 aliphatic carbocycles. The number of benzene rings is 1. The molecule has 1 aromatic carbocycles. The molecule has 2 amide bonds. The molecule has 2 unspecified atom stereocenters. The summed E-state index contributed by atoms with van der Waals surface area (Å²) in [4.78, 5) is 12.4. The van der Waals surface area contributed by atoms with Gasteiger partial charge in [-0.25, -0.2) is 4.79 Å². The largest absolute Gasteiger partial charge is 0.396 e. The summed E-state index contributed by atoms with van der Waals surface area (Å²) in [5.41, 5.74) is 0.549. The third-order valence-corrected chi connectivity index (χ3v) is 4.52. The average molecular weight is 330 g/mol. The van der Waals surface area contributed by atoms with Crippen LogP contribution < -0.4 is 10.6 Å². The maximum absolute atomic E-state index is 12.2. The molecule has 7 heteroatoms. The Hall–Kier alpha value is -1.34. The molecule has 1 aromatic rings. The average Bonchev–Trinajstić information content (AvgIpc) is 2.49. The van der Waals surface area contributed by atoms with Gasteiger partial charge in [0.05, 0.1) is 0 Å². The smallest absolute Gasteiger partial charge is 0.319 e. The normalized spacial score (nSPS) is 21.6. The van der Waals surface area contributed by atoms with Gasteiger partial charge in [-0.15, -0.1) is 0 Å². The number of aliphatic hydroxyl groups is 1. The maximum Gasteiger partial charge on any atom is 0.319 e. The predicted molar refractivity (Wildman–Crippen MR) is 83.3 cm³/mol. The molecule has 0 saturated heterocycles. The number of aliphatic hydroxyl groups excluding tert-OH is 1. The Morgan fingerprint density at radius 3 is 2.59 bits per heavy atom. The number of urea groups is 1. The Labute approximate surface area is 132 Å². The zero-order valence-corrected chi connectivity index (χ0v) is 12.9. The number of halogens is 2. The molecule has 122 valence electrons. The Morgan fingerprint density at radius 2 is 1.95 bits per heavy atom. The highest BCUT2D eigenvalue weighted by atomic mass is 32.2. The number of anilines is 1. The minimum atomic E-state index is -2.45. The quantitative estimate of drug-likeness (QED) is 0.722. The molecule has 22 heavy (non-hydrogen) atoms.